The van der Waals surface area contributed by atoms with Gasteiger partial charge >= 0.3 is 5.97 Å². The number of carbonyl (C=O) groups excluding carboxylic acids is 2. The molecule has 1 unspecified atom stereocenters. The summed E-state index contributed by atoms with van der Waals surface area (Å²) in [5.74, 6) is -3.06. The van der Waals surface area contributed by atoms with E-state index in [1.807, 2.05) is 0 Å². The molecule has 7 nitrogen and oxygen atoms in total. The fourth-order valence-corrected chi connectivity index (χ4v) is 2.31. The van der Waals surface area contributed by atoms with Crippen LogP contribution in [0.25, 0.3) is 0 Å². The van der Waals surface area contributed by atoms with Crippen molar-refractivity contribution >= 4 is 23.5 Å². The summed E-state index contributed by atoms with van der Waals surface area (Å²) < 4.78 is 18.9. The van der Waals surface area contributed by atoms with Crippen molar-refractivity contribution in [3.63, 3.8) is 0 Å². The number of ether oxygens (including phenoxy) is 1. The Morgan fingerprint density at radius 3 is 2.83 bits per heavy atom. The number of nitrogens with one attached hydrogen (secondary N) is 2. The third-order valence-corrected chi connectivity index (χ3v) is 3.55. The van der Waals surface area contributed by atoms with Crippen LogP contribution >= 0.6 is 0 Å². The van der Waals surface area contributed by atoms with Crippen LogP contribution in [-0.2, 0) is 20.7 Å². The molecule has 2 rings (SSSR count). The molecular weight excluding hydrogens is 307 g/mol. The number of aliphatic carboxylic acids is 1. The third-order valence-electron chi connectivity index (χ3n) is 3.55. The highest BCUT2D eigenvalue weighted by Gasteiger charge is 2.24. The number of anilines is 1. The SMILES string of the molecule is COCCC(NC(=O)c1cc2c(cc1F)NC(=O)CC2)C(=O)O. The number of amides is 2. The molecule has 1 atom stereocenters. The number of hydrogen-bond donors (Lipinski definition) is 3. The normalized spacial score (nSPS) is 14.6. The molecule has 0 spiro atoms. The van der Waals surface area contributed by atoms with Gasteiger partial charge in [-0.1, -0.05) is 0 Å². The van der Waals surface area contributed by atoms with Gasteiger partial charge in [-0.25, -0.2) is 9.18 Å². The lowest BCUT2D eigenvalue weighted by atomic mass is 9.99. The molecule has 0 saturated heterocycles. The maximum Gasteiger partial charge on any atom is 0.326 e. The maximum atomic E-state index is 14.1. The Labute approximate surface area is 131 Å². The monoisotopic (exact) mass is 324 g/mol. The van der Waals surface area contributed by atoms with Gasteiger partial charge in [-0.05, 0) is 24.1 Å². The van der Waals surface area contributed by atoms with E-state index >= 15 is 0 Å². The van der Waals surface area contributed by atoms with Crippen molar-refractivity contribution in [1.82, 2.24) is 5.32 Å². The number of rotatable bonds is 6. The largest absolute Gasteiger partial charge is 0.480 e. The van der Waals surface area contributed by atoms with Crippen LogP contribution in [0, 0.1) is 5.82 Å². The van der Waals surface area contributed by atoms with Crippen molar-refractivity contribution in [2.75, 3.05) is 19.0 Å². The van der Waals surface area contributed by atoms with E-state index in [1.54, 1.807) is 0 Å². The summed E-state index contributed by atoms with van der Waals surface area (Å²) in [6, 6.07) is 1.25. The van der Waals surface area contributed by atoms with Gasteiger partial charge < -0.3 is 20.5 Å². The van der Waals surface area contributed by atoms with Gasteiger partial charge in [0.15, 0.2) is 0 Å². The number of carbonyl (C=O) groups is 3. The molecule has 3 N–H and O–H groups in total. The summed E-state index contributed by atoms with van der Waals surface area (Å²) in [4.78, 5) is 34.6. The molecule has 8 heteroatoms. The molecule has 0 saturated carbocycles. The molecule has 1 aliphatic heterocycles. The van der Waals surface area contributed by atoms with Gasteiger partial charge in [0, 0.05) is 32.2 Å². The average Bonchev–Trinajstić information content (AvgIpc) is 2.50. The molecule has 0 fully saturated rings. The Morgan fingerprint density at radius 1 is 1.43 bits per heavy atom. The summed E-state index contributed by atoms with van der Waals surface area (Å²) in [6.07, 6.45) is 0.721. The number of carboxylic acid groups (broad SMARTS) is 1. The van der Waals surface area contributed by atoms with E-state index in [9.17, 15) is 18.8 Å². The molecule has 0 radical (unpaired) electrons. The summed E-state index contributed by atoms with van der Waals surface area (Å²) >= 11 is 0. The van der Waals surface area contributed by atoms with Gasteiger partial charge in [-0.15, -0.1) is 0 Å². The zero-order valence-corrected chi connectivity index (χ0v) is 12.5. The Morgan fingerprint density at radius 2 is 2.17 bits per heavy atom. The second-order valence-corrected chi connectivity index (χ2v) is 5.18. The molecule has 0 aromatic heterocycles. The van der Waals surface area contributed by atoms with Crippen LogP contribution in [0.5, 0.6) is 0 Å². The fourth-order valence-electron chi connectivity index (χ4n) is 2.31. The average molecular weight is 324 g/mol. The van der Waals surface area contributed by atoms with E-state index in [4.69, 9.17) is 9.84 Å². The predicted molar refractivity (Wildman–Crippen MR) is 78.7 cm³/mol. The first-order chi connectivity index (χ1) is 10.9. The minimum atomic E-state index is -1.22. The minimum Gasteiger partial charge on any atom is -0.480 e. The molecular formula is C15H17FN2O5. The third kappa shape index (κ3) is 4.04. The van der Waals surface area contributed by atoms with E-state index < -0.39 is 23.7 Å². The quantitative estimate of drug-likeness (QED) is 0.722. The van der Waals surface area contributed by atoms with Crippen LogP contribution in [0.1, 0.15) is 28.8 Å². The van der Waals surface area contributed by atoms with E-state index in [0.717, 1.165) is 6.07 Å². The van der Waals surface area contributed by atoms with Crippen LogP contribution in [0.3, 0.4) is 0 Å². The van der Waals surface area contributed by atoms with Gasteiger partial charge in [0.05, 0.1) is 5.56 Å². The van der Waals surface area contributed by atoms with Crippen molar-refractivity contribution in [3.8, 4) is 0 Å². The molecule has 124 valence electrons. The molecule has 2 amide bonds. The molecule has 1 heterocycles. The van der Waals surface area contributed by atoms with E-state index in [2.05, 4.69) is 10.6 Å². The highest BCUT2D eigenvalue weighted by atomic mass is 19.1. The fraction of sp³-hybridized carbons (Fsp3) is 0.400. The predicted octanol–water partition coefficient (Wildman–Crippen LogP) is 0.930. The maximum absolute atomic E-state index is 14.1. The second-order valence-electron chi connectivity index (χ2n) is 5.18. The lowest BCUT2D eigenvalue weighted by molar-refractivity contribution is -0.139. The van der Waals surface area contributed by atoms with Crippen molar-refractivity contribution < 1.29 is 28.6 Å². The number of fused-ring (bicyclic) bond motifs is 1. The van der Waals surface area contributed by atoms with Crippen molar-refractivity contribution in [1.29, 1.82) is 0 Å². The van der Waals surface area contributed by atoms with Crippen molar-refractivity contribution in [2.24, 2.45) is 0 Å². The molecule has 1 aliphatic rings. The number of methoxy groups -OCH3 is 1. The standard InChI is InChI=1S/C15H17FN2O5/c1-23-5-4-11(15(21)22)18-14(20)9-6-8-2-3-13(19)17-12(8)7-10(9)16/h6-7,11H,2-5H2,1H3,(H,17,19)(H,18,20)(H,21,22). The summed E-state index contributed by atoms with van der Waals surface area (Å²) in [5, 5.41) is 13.9. The topological polar surface area (TPSA) is 105 Å². The van der Waals surface area contributed by atoms with E-state index in [0.29, 0.717) is 17.7 Å². The summed E-state index contributed by atoms with van der Waals surface area (Å²) in [6.45, 7) is 0.149. The first-order valence-electron chi connectivity index (χ1n) is 7.07. The number of hydrogen-bond acceptors (Lipinski definition) is 4. The highest BCUT2D eigenvalue weighted by molar-refractivity contribution is 5.99. The zero-order valence-electron chi connectivity index (χ0n) is 12.5. The lowest BCUT2D eigenvalue weighted by Gasteiger charge is -2.19. The van der Waals surface area contributed by atoms with Gasteiger partial charge in [0.1, 0.15) is 11.9 Å². The number of halogens is 1. The first kappa shape index (κ1) is 16.9. The molecule has 23 heavy (non-hydrogen) atoms. The van der Waals surface area contributed by atoms with Gasteiger partial charge in [0.25, 0.3) is 5.91 Å². The van der Waals surface area contributed by atoms with E-state index in [-0.39, 0.29) is 30.9 Å². The van der Waals surface area contributed by atoms with Crippen molar-refractivity contribution in [2.45, 2.75) is 25.3 Å². The Balaban J connectivity index is 2.18. The van der Waals surface area contributed by atoms with E-state index in [1.165, 1.54) is 13.2 Å². The van der Waals surface area contributed by atoms with Crippen LogP contribution in [0.15, 0.2) is 12.1 Å². The second kappa shape index (κ2) is 7.19. The van der Waals surface area contributed by atoms with Gasteiger partial charge in [-0.2, -0.15) is 0 Å². The van der Waals surface area contributed by atoms with Crippen molar-refractivity contribution in [3.05, 3.63) is 29.1 Å². The highest BCUT2D eigenvalue weighted by Crippen LogP contribution is 2.26. The minimum absolute atomic E-state index is 0.0696. The summed E-state index contributed by atoms with van der Waals surface area (Å²) in [7, 11) is 1.41. The Kier molecular flexibility index (Phi) is 5.28. The number of benzene rings is 1. The summed E-state index contributed by atoms with van der Waals surface area (Å²) in [5.41, 5.74) is 0.730. The van der Waals surface area contributed by atoms with Gasteiger partial charge in [-0.3, -0.25) is 9.59 Å². The first-order valence-corrected chi connectivity index (χ1v) is 7.07. The van der Waals surface area contributed by atoms with Crippen LogP contribution < -0.4 is 10.6 Å². The number of carboxylic acids is 1. The Hall–Kier alpha value is -2.48. The molecule has 0 aliphatic carbocycles. The molecule has 1 aromatic carbocycles. The smallest absolute Gasteiger partial charge is 0.326 e. The Bertz CT molecular complexity index is 647. The lowest BCUT2D eigenvalue weighted by Crippen LogP contribution is -2.41. The molecule has 1 aromatic rings. The van der Waals surface area contributed by atoms with Gasteiger partial charge in [0.2, 0.25) is 5.91 Å². The van der Waals surface area contributed by atoms with Crippen LogP contribution in [0.2, 0.25) is 0 Å². The number of aryl methyl sites for hydroxylation is 1. The van der Waals surface area contributed by atoms with Crippen LogP contribution in [0.4, 0.5) is 10.1 Å². The molecule has 0 bridgehead atoms. The zero-order chi connectivity index (χ0) is 17.0. The van der Waals surface area contributed by atoms with Crippen LogP contribution in [-0.4, -0.2) is 42.6 Å².